The number of anilines is 1. The highest BCUT2D eigenvalue weighted by molar-refractivity contribution is 6.20. The molecule has 2 amide bonds. The van der Waals surface area contributed by atoms with Gasteiger partial charge in [-0.05, 0) is 18.9 Å². The molecule has 2 aliphatic heterocycles. The van der Waals surface area contributed by atoms with E-state index in [-0.39, 0.29) is 0 Å². The largest absolute Gasteiger partial charge is 0.478 e. The van der Waals surface area contributed by atoms with E-state index < -0.39 is 52.9 Å². The Morgan fingerprint density at radius 3 is 2.24 bits per heavy atom. The molecule has 2 unspecified atom stereocenters. The van der Waals surface area contributed by atoms with Gasteiger partial charge in [-0.3, -0.25) is 9.59 Å². The number of aromatic carboxylic acids is 1. The van der Waals surface area contributed by atoms with E-state index in [1.807, 2.05) is 0 Å². The third-order valence-electron chi connectivity index (χ3n) is 3.52. The van der Waals surface area contributed by atoms with Crippen molar-refractivity contribution in [3.8, 4) is 0 Å². The molecular formula is C13H9F2NO5. The zero-order valence-corrected chi connectivity index (χ0v) is 10.5. The number of nitrogens with zero attached hydrogens (tertiary/aromatic N) is 1. The molecule has 0 aliphatic carbocycles. The number of carboxylic acids is 1. The van der Waals surface area contributed by atoms with Gasteiger partial charge in [0.25, 0.3) is 11.8 Å². The Hall–Kier alpha value is -2.35. The molecule has 1 aromatic carbocycles. The highest BCUT2D eigenvalue weighted by atomic mass is 19.1. The molecule has 0 aromatic heterocycles. The Balaban J connectivity index is 2.11. The number of halogens is 2. The fourth-order valence-corrected chi connectivity index (χ4v) is 2.51. The molecule has 1 N–H and O–H groups in total. The van der Waals surface area contributed by atoms with Crippen LogP contribution < -0.4 is 4.90 Å². The summed E-state index contributed by atoms with van der Waals surface area (Å²) in [4.78, 5) is 35.6. The first-order valence-electron chi connectivity index (χ1n) is 6.15. The summed E-state index contributed by atoms with van der Waals surface area (Å²) in [5, 5.41) is 8.85. The molecule has 2 saturated heterocycles. The Morgan fingerprint density at radius 1 is 1.14 bits per heavy atom. The molecule has 0 spiro atoms. The van der Waals surface area contributed by atoms with Crippen molar-refractivity contribution in [3.63, 3.8) is 0 Å². The molecule has 110 valence electrons. The van der Waals surface area contributed by atoms with Crippen LogP contribution in [0.1, 0.15) is 23.2 Å². The number of carbonyl (C=O) groups excluding carboxylic acids is 2. The van der Waals surface area contributed by atoms with E-state index in [0.717, 1.165) is 0 Å². The van der Waals surface area contributed by atoms with Crippen LogP contribution in [-0.2, 0) is 14.3 Å². The number of benzene rings is 1. The Kier molecular flexibility index (Phi) is 2.98. The normalized spacial score (nSPS) is 24.6. The van der Waals surface area contributed by atoms with Gasteiger partial charge in [0.15, 0.2) is 0 Å². The van der Waals surface area contributed by atoms with Crippen LogP contribution in [0, 0.1) is 11.6 Å². The van der Waals surface area contributed by atoms with Crippen molar-refractivity contribution < 1.29 is 33.0 Å². The highest BCUT2D eigenvalue weighted by Gasteiger charge is 2.48. The quantitative estimate of drug-likeness (QED) is 0.826. The summed E-state index contributed by atoms with van der Waals surface area (Å²) in [5.74, 6) is -5.61. The topological polar surface area (TPSA) is 83.9 Å². The van der Waals surface area contributed by atoms with E-state index in [4.69, 9.17) is 9.84 Å². The van der Waals surface area contributed by atoms with Crippen LogP contribution in [0.15, 0.2) is 12.1 Å². The molecule has 6 nitrogen and oxygen atoms in total. The number of imide groups is 1. The van der Waals surface area contributed by atoms with Crippen molar-refractivity contribution in [2.75, 3.05) is 4.90 Å². The lowest BCUT2D eigenvalue weighted by Gasteiger charge is -2.30. The summed E-state index contributed by atoms with van der Waals surface area (Å²) in [6.07, 6.45) is -1.04. The molecule has 0 radical (unpaired) electrons. The third kappa shape index (κ3) is 1.99. The number of carboxylic acid groups (broad SMARTS) is 1. The molecule has 1 aromatic rings. The summed E-state index contributed by atoms with van der Waals surface area (Å²) in [5.41, 5.74) is -1.38. The molecule has 0 saturated carbocycles. The average molecular weight is 297 g/mol. The summed E-state index contributed by atoms with van der Waals surface area (Å²) in [7, 11) is 0. The molecule has 2 heterocycles. The van der Waals surface area contributed by atoms with Crippen LogP contribution in [-0.4, -0.2) is 35.1 Å². The Morgan fingerprint density at radius 2 is 1.71 bits per heavy atom. The molecule has 2 atom stereocenters. The average Bonchev–Trinajstić information content (AvgIpc) is 2.85. The van der Waals surface area contributed by atoms with E-state index in [2.05, 4.69) is 0 Å². The van der Waals surface area contributed by atoms with Gasteiger partial charge in [0.05, 0.1) is 11.3 Å². The van der Waals surface area contributed by atoms with Crippen molar-refractivity contribution in [1.29, 1.82) is 0 Å². The molecule has 2 bridgehead atoms. The lowest BCUT2D eigenvalue weighted by Crippen LogP contribution is -2.52. The third-order valence-corrected chi connectivity index (χ3v) is 3.52. The second-order valence-corrected chi connectivity index (χ2v) is 4.79. The Bertz CT molecular complexity index is 653. The maximum atomic E-state index is 13.9. The van der Waals surface area contributed by atoms with Gasteiger partial charge < -0.3 is 9.84 Å². The number of fused-ring (bicyclic) bond motifs is 2. The van der Waals surface area contributed by atoms with Crippen molar-refractivity contribution in [2.24, 2.45) is 0 Å². The maximum absolute atomic E-state index is 13.9. The summed E-state index contributed by atoms with van der Waals surface area (Å²) in [6.45, 7) is 0. The monoisotopic (exact) mass is 297 g/mol. The van der Waals surface area contributed by atoms with E-state index in [1.165, 1.54) is 0 Å². The zero-order chi connectivity index (χ0) is 15.3. The highest BCUT2D eigenvalue weighted by Crippen LogP contribution is 2.33. The smallest absolute Gasteiger partial charge is 0.338 e. The van der Waals surface area contributed by atoms with Gasteiger partial charge in [-0.25, -0.2) is 18.5 Å². The number of rotatable bonds is 2. The minimum atomic E-state index is -1.62. The number of hydrogen-bond acceptors (Lipinski definition) is 4. The van der Waals surface area contributed by atoms with Gasteiger partial charge >= 0.3 is 5.97 Å². The molecule has 2 fully saturated rings. The lowest BCUT2D eigenvalue weighted by molar-refractivity contribution is -0.146. The first kappa shape index (κ1) is 13.6. The summed E-state index contributed by atoms with van der Waals surface area (Å²) < 4.78 is 32.4. The van der Waals surface area contributed by atoms with Gasteiger partial charge in [-0.2, -0.15) is 0 Å². The van der Waals surface area contributed by atoms with Crippen LogP contribution in [0.25, 0.3) is 0 Å². The van der Waals surface area contributed by atoms with Crippen LogP contribution in [0.3, 0.4) is 0 Å². The molecule has 21 heavy (non-hydrogen) atoms. The number of hydrogen-bond donors (Lipinski definition) is 1. The SMILES string of the molecule is O=C(O)c1cc(N2C(=O)C3CCC(O3)C2=O)c(F)cc1F. The van der Waals surface area contributed by atoms with Crippen molar-refractivity contribution in [2.45, 2.75) is 25.0 Å². The predicted octanol–water partition coefficient (Wildman–Crippen LogP) is 1.08. The number of amides is 2. The van der Waals surface area contributed by atoms with Crippen LogP contribution >= 0.6 is 0 Å². The minimum Gasteiger partial charge on any atom is -0.478 e. The molecular weight excluding hydrogens is 288 g/mol. The van der Waals surface area contributed by atoms with E-state index in [9.17, 15) is 23.2 Å². The number of carbonyl (C=O) groups is 3. The second-order valence-electron chi connectivity index (χ2n) is 4.79. The minimum absolute atomic E-state index is 0.334. The summed E-state index contributed by atoms with van der Waals surface area (Å²) >= 11 is 0. The van der Waals surface area contributed by atoms with Gasteiger partial charge in [-0.15, -0.1) is 0 Å². The van der Waals surface area contributed by atoms with Gasteiger partial charge in [0, 0.05) is 6.07 Å². The van der Waals surface area contributed by atoms with Crippen LogP contribution in [0.2, 0.25) is 0 Å². The van der Waals surface area contributed by atoms with E-state index >= 15 is 0 Å². The van der Waals surface area contributed by atoms with Gasteiger partial charge in [0.2, 0.25) is 0 Å². The van der Waals surface area contributed by atoms with Gasteiger partial charge in [-0.1, -0.05) is 0 Å². The van der Waals surface area contributed by atoms with Crippen molar-refractivity contribution >= 4 is 23.5 Å². The predicted molar refractivity (Wildman–Crippen MR) is 63.7 cm³/mol. The zero-order valence-electron chi connectivity index (χ0n) is 10.5. The van der Waals surface area contributed by atoms with Crippen molar-refractivity contribution in [1.82, 2.24) is 0 Å². The van der Waals surface area contributed by atoms with Crippen molar-refractivity contribution in [3.05, 3.63) is 29.3 Å². The number of ether oxygens (including phenoxy) is 1. The lowest BCUT2D eigenvalue weighted by atomic mass is 10.1. The fraction of sp³-hybridized carbons (Fsp3) is 0.308. The molecule has 2 aliphatic rings. The molecule has 8 heteroatoms. The standard InChI is InChI=1S/C13H9F2NO5/c14-6-4-7(15)8(3-5(6)13(19)20)16-11(17)9-1-2-10(21-9)12(16)18/h3-4,9-10H,1-2H2,(H,19,20). The second kappa shape index (κ2) is 4.59. The van der Waals surface area contributed by atoms with Gasteiger partial charge in [0.1, 0.15) is 23.8 Å². The first-order valence-corrected chi connectivity index (χ1v) is 6.15. The Labute approximate surface area is 116 Å². The van der Waals surface area contributed by atoms with E-state index in [0.29, 0.717) is 29.9 Å². The number of morpholine rings is 1. The maximum Gasteiger partial charge on any atom is 0.338 e. The first-order chi connectivity index (χ1) is 9.90. The van der Waals surface area contributed by atoms with E-state index in [1.54, 1.807) is 0 Å². The molecule has 3 rings (SSSR count). The summed E-state index contributed by atoms with van der Waals surface area (Å²) in [6, 6.07) is 0.990. The fourth-order valence-electron chi connectivity index (χ4n) is 2.51. The van der Waals surface area contributed by atoms with Crippen LogP contribution in [0.5, 0.6) is 0 Å². The van der Waals surface area contributed by atoms with Crippen LogP contribution in [0.4, 0.5) is 14.5 Å².